The van der Waals surface area contributed by atoms with Crippen molar-refractivity contribution < 1.29 is 9.59 Å². The molecule has 1 heterocycles. The number of carbonyl (C=O) groups excluding carboxylic acids is 2. The molecule has 10 heteroatoms. The molecule has 9 nitrogen and oxygen atoms in total. The third kappa shape index (κ3) is 4.92. The normalized spacial score (nSPS) is 10.5. The van der Waals surface area contributed by atoms with Gasteiger partial charge in [-0.15, -0.1) is 0 Å². The van der Waals surface area contributed by atoms with Gasteiger partial charge >= 0.3 is 5.69 Å². The molecule has 0 saturated carbocycles. The molecule has 0 aliphatic heterocycles. The largest absolute Gasteiger partial charge is 0.343 e. The van der Waals surface area contributed by atoms with E-state index in [0.29, 0.717) is 0 Å². The molecule has 0 aliphatic rings. The van der Waals surface area contributed by atoms with Gasteiger partial charge in [0.15, 0.2) is 0 Å². The van der Waals surface area contributed by atoms with E-state index in [2.05, 4.69) is 20.8 Å². The summed E-state index contributed by atoms with van der Waals surface area (Å²) in [6.45, 7) is -0.326. The van der Waals surface area contributed by atoms with Crippen molar-refractivity contribution in [1.29, 1.82) is 0 Å². The van der Waals surface area contributed by atoms with Gasteiger partial charge in [-0.2, -0.15) is 5.10 Å². The van der Waals surface area contributed by atoms with E-state index in [-0.39, 0.29) is 22.8 Å². The highest BCUT2D eigenvalue weighted by atomic mass is 35.5. The van der Waals surface area contributed by atoms with Crippen LogP contribution in [-0.4, -0.2) is 34.5 Å². The third-order valence-electron chi connectivity index (χ3n) is 2.70. The summed E-state index contributed by atoms with van der Waals surface area (Å²) < 4.78 is 0. The van der Waals surface area contributed by atoms with Crippen LogP contribution in [-0.2, 0) is 4.79 Å². The van der Waals surface area contributed by atoms with E-state index < -0.39 is 23.1 Å². The van der Waals surface area contributed by atoms with Gasteiger partial charge in [0.25, 0.3) is 17.4 Å². The van der Waals surface area contributed by atoms with Crippen molar-refractivity contribution in [2.45, 2.75) is 0 Å². The highest BCUT2D eigenvalue weighted by Crippen LogP contribution is 2.14. The lowest BCUT2D eigenvalue weighted by atomic mass is 10.2. The van der Waals surface area contributed by atoms with Crippen molar-refractivity contribution in [3.63, 3.8) is 0 Å². The van der Waals surface area contributed by atoms with Crippen LogP contribution in [0.15, 0.2) is 45.0 Å². The molecule has 0 fully saturated rings. The van der Waals surface area contributed by atoms with Crippen molar-refractivity contribution in [1.82, 2.24) is 20.7 Å². The predicted octanol–water partition coefficient (Wildman–Crippen LogP) is -0.403. The topological polar surface area (TPSA) is 136 Å². The van der Waals surface area contributed by atoms with E-state index in [9.17, 15) is 19.2 Å². The second-order valence-electron chi connectivity index (χ2n) is 4.50. The van der Waals surface area contributed by atoms with Gasteiger partial charge in [0, 0.05) is 6.07 Å². The molecule has 1 aromatic carbocycles. The first-order valence-electron chi connectivity index (χ1n) is 6.64. The zero-order chi connectivity index (χ0) is 17.5. The Morgan fingerprint density at radius 3 is 2.67 bits per heavy atom. The molecule has 1 aromatic heterocycles. The summed E-state index contributed by atoms with van der Waals surface area (Å²) in [6, 6.07) is 7.50. The summed E-state index contributed by atoms with van der Waals surface area (Å²) in [6.07, 6.45) is 1.09. The number of carbonyl (C=O) groups is 2. The molecule has 24 heavy (non-hydrogen) atoms. The Kier molecular flexibility index (Phi) is 5.63. The number of halogens is 1. The fourth-order valence-corrected chi connectivity index (χ4v) is 1.89. The number of aromatic nitrogens is 2. The lowest BCUT2D eigenvalue weighted by Crippen LogP contribution is -2.35. The number of hydrogen-bond acceptors (Lipinski definition) is 5. The molecular weight excluding hydrogens is 338 g/mol. The molecule has 2 aromatic rings. The summed E-state index contributed by atoms with van der Waals surface area (Å²) in [5.74, 6) is -1.10. The van der Waals surface area contributed by atoms with E-state index in [4.69, 9.17) is 11.6 Å². The molecule has 0 radical (unpaired) electrons. The van der Waals surface area contributed by atoms with Crippen LogP contribution in [0.25, 0.3) is 0 Å². The molecular formula is C14H12ClN5O4. The average Bonchev–Trinajstić information content (AvgIpc) is 2.52. The zero-order valence-electron chi connectivity index (χ0n) is 12.1. The Bertz CT molecular complexity index is 874. The Morgan fingerprint density at radius 1 is 1.21 bits per heavy atom. The molecule has 4 N–H and O–H groups in total. The summed E-state index contributed by atoms with van der Waals surface area (Å²) >= 11 is 5.87. The van der Waals surface area contributed by atoms with Crippen LogP contribution < -0.4 is 22.0 Å². The monoisotopic (exact) mass is 349 g/mol. The highest BCUT2D eigenvalue weighted by molar-refractivity contribution is 6.33. The van der Waals surface area contributed by atoms with Crippen molar-refractivity contribution in [2.75, 3.05) is 6.54 Å². The van der Waals surface area contributed by atoms with Crippen molar-refractivity contribution >= 4 is 29.6 Å². The van der Waals surface area contributed by atoms with Gasteiger partial charge in [0.05, 0.1) is 29.0 Å². The Balaban J connectivity index is 1.86. The minimum Gasteiger partial charge on any atom is -0.343 e. The maximum atomic E-state index is 11.8. The first kappa shape index (κ1) is 17.2. The van der Waals surface area contributed by atoms with E-state index in [1.54, 1.807) is 18.2 Å². The van der Waals surface area contributed by atoms with Gasteiger partial charge in [-0.1, -0.05) is 23.7 Å². The Labute approximate surface area is 139 Å². The van der Waals surface area contributed by atoms with Gasteiger partial charge in [0.1, 0.15) is 0 Å². The minimum atomic E-state index is -0.692. The van der Waals surface area contributed by atoms with E-state index >= 15 is 0 Å². The van der Waals surface area contributed by atoms with Crippen LogP contribution in [0.2, 0.25) is 5.02 Å². The minimum absolute atomic E-state index is 0.115. The van der Waals surface area contributed by atoms with Gasteiger partial charge in [-0.25, -0.2) is 10.2 Å². The molecule has 0 aliphatic carbocycles. The van der Waals surface area contributed by atoms with Gasteiger partial charge in [-0.05, 0) is 12.1 Å². The van der Waals surface area contributed by atoms with E-state index in [0.717, 1.165) is 12.3 Å². The third-order valence-corrected chi connectivity index (χ3v) is 3.03. The van der Waals surface area contributed by atoms with Crippen LogP contribution in [0.5, 0.6) is 0 Å². The molecule has 0 unspecified atom stereocenters. The lowest BCUT2D eigenvalue weighted by Gasteiger charge is -2.05. The average molecular weight is 350 g/mol. The Morgan fingerprint density at radius 2 is 1.96 bits per heavy atom. The number of amides is 2. The summed E-state index contributed by atoms with van der Waals surface area (Å²) in [4.78, 5) is 49.8. The molecule has 0 saturated heterocycles. The number of rotatable bonds is 5. The van der Waals surface area contributed by atoms with Crippen LogP contribution >= 0.6 is 11.6 Å². The summed E-state index contributed by atoms with van der Waals surface area (Å²) in [5, 5.41) is 6.22. The molecule has 2 rings (SSSR count). The first-order chi connectivity index (χ1) is 11.5. The highest BCUT2D eigenvalue weighted by Gasteiger charge is 2.10. The zero-order valence-corrected chi connectivity index (χ0v) is 12.9. The second-order valence-corrected chi connectivity index (χ2v) is 4.91. The molecule has 0 atom stereocenters. The second kappa shape index (κ2) is 7.88. The van der Waals surface area contributed by atoms with Crippen molar-refractivity contribution in [3.05, 3.63) is 67.4 Å². The number of aromatic amines is 2. The fourth-order valence-electron chi connectivity index (χ4n) is 1.67. The van der Waals surface area contributed by atoms with Crippen LogP contribution in [0.1, 0.15) is 16.1 Å². The summed E-state index contributed by atoms with van der Waals surface area (Å²) in [7, 11) is 0. The molecule has 0 spiro atoms. The van der Waals surface area contributed by atoms with Crippen LogP contribution in [0.3, 0.4) is 0 Å². The van der Waals surface area contributed by atoms with E-state index in [1.165, 1.54) is 6.07 Å². The van der Waals surface area contributed by atoms with Crippen molar-refractivity contribution in [2.24, 2.45) is 5.10 Å². The van der Waals surface area contributed by atoms with Gasteiger partial charge in [-0.3, -0.25) is 19.4 Å². The van der Waals surface area contributed by atoms with E-state index in [1.807, 2.05) is 4.98 Å². The first-order valence-corrected chi connectivity index (χ1v) is 7.02. The number of hydrazone groups is 1. The standard InChI is InChI=1S/C14H12ClN5O4/c15-10-4-2-1-3-9(10)13(23)16-7-12(22)20-17-6-8-5-11(21)19-14(24)18-8/h1-6H,7H2,(H,16,23)(H,20,22)(H2,18,19,21,24)/b17-6-. The number of nitrogens with one attached hydrogen (secondary N) is 4. The number of benzene rings is 1. The maximum absolute atomic E-state index is 11.8. The SMILES string of the molecule is O=C(CNC(=O)c1ccccc1Cl)N/N=C\c1cc(=O)[nH]c(=O)[nH]1. The van der Waals surface area contributed by atoms with Gasteiger partial charge in [0.2, 0.25) is 0 Å². The quantitative estimate of drug-likeness (QED) is 0.431. The maximum Gasteiger partial charge on any atom is 0.326 e. The Hall–Kier alpha value is -3.20. The van der Waals surface area contributed by atoms with Gasteiger partial charge < -0.3 is 10.3 Å². The smallest absolute Gasteiger partial charge is 0.326 e. The fraction of sp³-hybridized carbons (Fsp3) is 0.0714. The molecule has 0 bridgehead atoms. The van der Waals surface area contributed by atoms with Crippen molar-refractivity contribution in [3.8, 4) is 0 Å². The summed E-state index contributed by atoms with van der Waals surface area (Å²) in [5.41, 5.74) is 1.21. The van der Waals surface area contributed by atoms with Crippen LogP contribution in [0.4, 0.5) is 0 Å². The lowest BCUT2D eigenvalue weighted by molar-refractivity contribution is -0.120. The molecule has 124 valence electrons. The predicted molar refractivity (Wildman–Crippen MR) is 87.2 cm³/mol. The molecule has 2 amide bonds. The number of H-pyrrole nitrogens is 2. The number of hydrogen-bond donors (Lipinski definition) is 4. The van der Waals surface area contributed by atoms with Crippen LogP contribution in [0, 0.1) is 0 Å². The number of nitrogens with zero attached hydrogens (tertiary/aromatic N) is 1.